The minimum Gasteiger partial charge on any atom is -0.287 e. The molecule has 1 aromatic rings. The summed E-state index contributed by atoms with van der Waals surface area (Å²) in [7, 11) is -3.62. The van der Waals surface area contributed by atoms with Crippen LogP contribution in [0.1, 0.15) is 59.4 Å². The highest BCUT2D eigenvalue weighted by Gasteiger charge is 2.72. The number of phosphoric acid groups is 1. The maximum atomic E-state index is 13.2. The summed E-state index contributed by atoms with van der Waals surface area (Å²) in [6.07, 6.45) is 2.89. The molecule has 0 aromatic heterocycles. The maximum absolute atomic E-state index is 13.2. The van der Waals surface area contributed by atoms with E-state index in [1.54, 1.807) is 13.8 Å². The molecule has 4 rings (SSSR count). The van der Waals surface area contributed by atoms with Crippen LogP contribution in [0, 0.1) is 11.3 Å². The molecule has 3 aliphatic carbocycles. The first-order valence-corrected chi connectivity index (χ1v) is 11.3. The summed E-state index contributed by atoms with van der Waals surface area (Å²) in [5, 5.41) is 0.714. The van der Waals surface area contributed by atoms with E-state index in [0.717, 1.165) is 19.3 Å². The van der Waals surface area contributed by atoms with Crippen molar-refractivity contribution in [2.75, 3.05) is 13.2 Å². The predicted octanol–water partition coefficient (Wildman–Crippen LogP) is 6.37. The van der Waals surface area contributed by atoms with Crippen LogP contribution in [-0.4, -0.2) is 18.8 Å². The summed E-state index contributed by atoms with van der Waals surface area (Å²) in [5.74, 6) is 0.633. The SMILES string of the molecule is CCOP(=O)(OCC)O[C@@]1(C)CC[C@H]2C[C@@]1(c1ccc(Cl)cc1)C2(C)C. The average molecular weight is 401 g/mol. The lowest BCUT2D eigenvalue weighted by Crippen LogP contribution is -2.72. The third-order valence-corrected chi connectivity index (χ3v) is 8.80. The Morgan fingerprint density at radius 3 is 2.19 bits per heavy atom. The Kier molecular flexibility index (Phi) is 5.40. The van der Waals surface area contributed by atoms with E-state index in [-0.39, 0.29) is 24.0 Å². The van der Waals surface area contributed by atoms with Crippen molar-refractivity contribution in [3.05, 3.63) is 34.9 Å². The molecule has 0 unspecified atom stereocenters. The summed E-state index contributed by atoms with van der Waals surface area (Å²) in [6, 6.07) is 8.02. The molecule has 0 aliphatic heterocycles. The van der Waals surface area contributed by atoms with E-state index >= 15 is 0 Å². The standard InChI is InChI=1S/C20H30ClO4P/c1-6-23-26(22,24-7-2)25-19(5)13-12-16-14-20(19,18(16,3)4)15-8-10-17(21)11-9-15/h8-11,16H,6-7,12-14H2,1-5H3/t16-,19-,20+/m0/s1. The topological polar surface area (TPSA) is 44.8 Å². The van der Waals surface area contributed by atoms with Crippen LogP contribution in [0.15, 0.2) is 24.3 Å². The molecule has 2 bridgehead atoms. The summed E-state index contributed by atoms with van der Waals surface area (Å²) < 4.78 is 30.4. The van der Waals surface area contributed by atoms with Crippen LogP contribution in [-0.2, 0) is 23.6 Å². The third kappa shape index (κ3) is 2.89. The van der Waals surface area contributed by atoms with Crippen molar-refractivity contribution in [3.8, 4) is 0 Å². The van der Waals surface area contributed by atoms with Crippen LogP contribution >= 0.6 is 19.4 Å². The maximum Gasteiger partial charge on any atom is 0.475 e. The van der Waals surface area contributed by atoms with Crippen LogP contribution in [0.5, 0.6) is 0 Å². The highest BCUT2D eigenvalue weighted by Crippen LogP contribution is 2.74. The Morgan fingerprint density at radius 1 is 1.12 bits per heavy atom. The fraction of sp³-hybridized carbons (Fsp3) is 0.700. The second-order valence-corrected chi connectivity index (χ2v) is 10.2. The molecule has 4 nitrogen and oxygen atoms in total. The lowest BCUT2D eigenvalue weighted by Gasteiger charge is -2.72. The van der Waals surface area contributed by atoms with Gasteiger partial charge in [-0.3, -0.25) is 13.6 Å². The minimum absolute atomic E-state index is 0.0249. The van der Waals surface area contributed by atoms with E-state index in [0.29, 0.717) is 10.9 Å². The first-order chi connectivity index (χ1) is 12.1. The minimum atomic E-state index is -3.62. The molecule has 3 aliphatic rings. The zero-order chi connectivity index (χ0) is 19.2. The molecule has 3 fully saturated rings. The van der Waals surface area contributed by atoms with Gasteiger partial charge in [0.05, 0.1) is 18.8 Å². The molecule has 3 atom stereocenters. The monoisotopic (exact) mass is 400 g/mol. The predicted molar refractivity (Wildman–Crippen MR) is 105 cm³/mol. The van der Waals surface area contributed by atoms with Crippen molar-refractivity contribution in [1.82, 2.24) is 0 Å². The number of phosphoric ester groups is 1. The van der Waals surface area contributed by atoms with Crippen LogP contribution < -0.4 is 0 Å². The second-order valence-electron chi connectivity index (χ2n) is 8.18. The number of fused-ring (bicyclic) bond motifs is 2. The number of rotatable bonds is 7. The molecular formula is C20H30ClO4P. The van der Waals surface area contributed by atoms with E-state index in [2.05, 4.69) is 32.9 Å². The van der Waals surface area contributed by atoms with Gasteiger partial charge in [-0.1, -0.05) is 37.6 Å². The van der Waals surface area contributed by atoms with Gasteiger partial charge in [-0.05, 0) is 69.1 Å². The molecule has 0 radical (unpaired) electrons. The van der Waals surface area contributed by atoms with Crippen LogP contribution in [0.25, 0.3) is 0 Å². The Labute approximate surface area is 162 Å². The molecule has 3 saturated carbocycles. The Bertz CT molecular complexity index is 694. The average Bonchev–Trinajstić information content (AvgIpc) is 2.55. The molecule has 0 amide bonds. The quantitative estimate of drug-likeness (QED) is 0.498. The van der Waals surface area contributed by atoms with Crippen LogP contribution in [0.2, 0.25) is 5.02 Å². The number of benzene rings is 1. The smallest absolute Gasteiger partial charge is 0.287 e. The first kappa shape index (κ1) is 20.4. The second kappa shape index (κ2) is 6.90. The highest BCUT2D eigenvalue weighted by molar-refractivity contribution is 7.48. The van der Waals surface area contributed by atoms with Gasteiger partial charge >= 0.3 is 7.82 Å². The Balaban J connectivity index is 2.06. The molecule has 0 N–H and O–H groups in total. The van der Waals surface area contributed by atoms with Crippen molar-refractivity contribution in [1.29, 1.82) is 0 Å². The van der Waals surface area contributed by atoms with Crippen molar-refractivity contribution in [2.45, 2.75) is 64.9 Å². The van der Waals surface area contributed by atoms with Gasteiger partial charge in [0.15, 0.2) is 0 Å². The molecule has 1 aromatic carbocycles. The highest BCUT2D eigenvalue weighted by atomic mass is 35.5. The summed E-state index contributed by atoms with van der Waals surface area (Å²) in [4.78, 5) is 0. The molecule has 6 heteroatoms. The van der Waals surface area contributed by atoms with Gasteiger partial charge in [0, 0.05) is 10.4 Å². The van der Waals surface area contributed by atoms with Crippen LogP contribution in [0.3, 0.4) is 0 Å². The molecule has 26 heavy (non-hydrogen) atoms. The lowest BCUT2D eigenvalue weighted by atomic mass is 9.34. The number of hydrogen-bond donors (Lipinski definition) is 0. The molecule has 0 spiro atoms. The van der Waals surface area contributed by atoms with Gasteiger partial charge < -0.3 is 0 Å². The molecule has 0 saturated heterocycles. The van der Waals surface area contributed by atoms with Gasteiger partial charge in [-0.2, -0.15) is 0 Å². The normalized spacial score (nSPS) is 32.9. The lowest BCUT2D eigenvalue weighted by molar-refractivity contribution is -0.215. The van der Waals surface area contributed by atoms with Gasteiger partial charge in [-0.15, -0.1) is 0 Å². The van der Waals surface area contributed by atoms with Crippen molar-refractivity contribution < 1.29 is 18.1 Å². The first-order valence-electron chi connectivity index (χ1n) is 9.50. The zero-order valence-electron chi connectivity index (χ0n) is 16.4. The van der Waals surface area contributed by atoms with Crippen molar-refractivity contribution >= 4 is 19.4 Å². The van der Waals surface area contributed by atoms with Gasteiger partial charge in [0.25, 0.3) is 0 Å². The fourth-order valence-corrected chi connectivity index (χ4v) is 7.11. The number of hydrogen-bond acceptors (Lipinski definition) is 4. The van der Waals surface area contributed by atoms with E-state index in [4.69, 9.17) is 25.2 Å². The van der Waals surface area contributed by atoms with Crippen LogP contribution in [0.4, 0.5) is 0 Å². The fourth-order valence-electron chi connectivity index (χ4n) is 5.43. The summed E-state index contributed by atoms with van der Waals surface area (Å²) in [5.41, 5.74) is 0.317. The third-order valence-electron chi connectivity index (χ3n) is 6.77. The number of halogens is 1. The van der Waals surface area contributed by atoms with Gasteiger partial charge in [0.2, 0.25) is 0 Å². The van der Waals surface area contributed by atoms with Crippen molar-refractivity contribution in [3.63, 3.8) is 0 Å². The molecule has 0 heterocycles. The van der Waals surface area contributed by atoms with E-state index in [9.17, 15) is 4.57 Å². The summed E-state index contributed by atoms with van der Waals surface area (Å²) in [6.45, 7) is 10.8. The molecule has 146 valence electrons. The largest absolute Gasteiger partial charge is 0.475 e. The van der Waals surface area contributed by atoms with Crippen molar-refractivity contribution in [2.24, 2.45) is 11.3 Å². The van der Waals surface area contributed by atoms with E-state index in [1.807, 2.05) is 12.1 Å². The summed E-state index contributed by atoms with van der Waals surface area (Å²) >= 11 is 6.12. The van der Waals surface area contributed by atoms with E-state index < -0.39 is 13.4 Å². The Morgan fingerprint density at radius 2 is 1.69 bits per heavy atom. The Hall–Kier alpha value is -0.380. The molecular weight excluding hydrogens is 371 g/mol. The van der Waals surface area contributed by atoms with Gasteiger partial charge in [0.1, 0.15) is 0 Å². The zero-order valence-corrected chi connectivity index (χ0v) is 18.0. The van der Waals surface area contributed by atoms with Gasteiger partial charge in [-0.25, -0.2) is 4.57 Å². The van der Waals surface area contributed by atoms with E-state index in [1.165, 1.54) is 5.56 Å².